The molecule has 0 saturated carbocycles. The smallest absolute Gasteiger partial charge is 0.280 e. The first kappa shape index (κ1) is 19.1. The minimum Gasteiger partial charge on any atom is -0.388 e. The van der Waals surface area contributed by atoms with Gasteiger partial charge in [0.1, 0.15) is 18.0 Å². The third-order valence-corrected chi connectivity index (χ3v) is 6.04. The number of aromatic amines is 1. The lowest BCUT2D eigenvalue weighted by Gasteiger charge is -2.19. The highest BCUT2D eigenvalue weighted by Crippen LogP contribution is 2.40. The summed E-state index contributed by atoms with van der Waals surface area (Å²) in [6.45, 7) is 4.82. The molecule has 1 aliphatic rings. The van der Waals surface area contributed by atoms with Gasteiger partial charge >= 0.3 is 0 Å². The summed E-state index contributed by atoms with van der Waals surface area (Å²) in [6.07, 6.45) is 2.52. The number of fused-ring (bicyclic) bond motifs is 1. The van der Waals surface area contributed by atoms with Crippen LogP contribution in [0.25, 0.3) is 11.2 Å². The molecule has 0 aliphatic carbocycles. The van der Waals surface area contributed by atoms with Crippen molar-refractivity contribution in [2.75, 3.05) is 25.2 Å². The number of nitrogens with two attached hydrogens (primary N) is 1. The molecule has 3 heterocycles. The van der Waals surface area contributed by atoms with Gasteiger partial charge in [-0.25, -0.2) is 4.98 Å². The molecule has 3 rings (SSSR count). The molecule has 0 amide bonds. The van der Waals surface area contributed by atoms with Crippen molar-refractivity contribution in [3.8, 4) is 0 Å². The second-order valence-corrected chi connectivity index (χ2v) is 11.7. The summed E-state index contributed by atoms with van der Waals surface area (Å²) >= 11 is 0. The van der Waals surface area contributed by atoms with E-state index in [0.717, 1.165) is 6.16 Å². The fourth-order valence-electron chi connectivity index (χ4n) is 3.22. The number of aliphatic hydroxyl groups excluding tert-OH is 2. The molecule has 9 nitrogen and oxygen atoms in total. The molecule has 2 aromatic rings. The van der Waals surface area contributed by atoms with E-state index in [1.807, 2.05) is 6.92 Å². The molecule has 0 radical (unpaired) electrons. The number of aromatic nitrogens is 4. The second kappa shape index (κ2) is 6.81. The molecular formula is C16H26N5O4P. The zero-order valence-corrected chi connectivity index (χ0v) is 16.1. The predicted molar refractivity (Wildman–Crippen MR) is 103 cm³/mol. The number of H-pyrrole nitrogens is 1. The number of ether oxygens (including phenoxy) is 1. The van der Waals surface area contributed by atoms with Crippen LogP contribution in [0.2, 0.25) is 0 Å². The van der Waals surface area contributed by atoms with Crippen molar-refractivity contribution in [2.45, 2.75) is 44.3 Å². The fourth-order valence-corrected chi connectivity index (χ4v) is 4.17. The van der Waals surface area contributed by atoms with Gasteiger partial charge in [0, 0.05) is 6.42 Å². The molecule has 0 aromatic carbocycles. The summed E-state index contributed by atoms with van der Waals surface area (Å²) in [5.74, 6) is 0.491. The van der Waals surface area contributed by atoms with E-state index in [4.69, 9.17) is 10.5 Å². The van der Waals surface area contributed by atoms with Crippen LogP contribution in [-0.2, 0) is 11.2 Å². The molecule has 10 heteroatoms. The number of anilines is 1. The van der Waals surface area contributed by atoms with Gasteiger partial charge in [0.2, 0.25) is 5.95 Å². The first-order valence-corrected chi connectivity index (χ1v) is 11.6. The number of nitrogen functional groups attached to an aromatic ring is 1. The van der Waals surface area contributed by atoms with E-state index < -0.39 is 37.0 Å². The highest BCUT2D eigenvalue weighted by atomic mass is 31.2. The van der Waals surface area contributed by atoms with Gasteiger partial charge in [-0.3, -0.25) is 14.3 Å². The Labute approximate surface area is 151 Å². The zero-order valence-electron chi connectivity index (χ0n) is 15.2. The minimum absolute atomic E-state index is 0.0421. The van der Waals surface area contributed by atoms with E-state index in [1.54, 1.807) is 4.57 Å². The molecule has 1 aliphatic heterocycles. The van der Waals surface area contributed by atoms with Gasteiger partial charge < -0.3 is 20.7 Å². The number of aryl methyl sites for hydroxylation is 1. The highest BCUT2D eigenvalue weighted by molar-refractivity contribution is 7.72. The Morgan fingerprint density at radius 2 is 2.04 bits per heavy atom. The van der Waals surface area contributed by atoms with Crippen LogP contribution in [0.5, 0.6) is 0 Å². The van der Waals surface area contributed by atoms with Crippen molar-refractivity contribution in [3.05, 3.63) is 16.2 Å². The van der Waals surface area contributed by atoms with Gasteiger partial charge in [-0.1, -0.05) is 6.92 Å². The van der Waals surface area contributed by atoms with E-state index >= 15 is 0 Å². The summed E-state index contributed by atoms with van der Waals surface area (Å²) in [7, 11) is 0. The van der Waals surface area contributed by atoms with Crippen molar-refractivity contribution >= 4 is 30.3 Å². The molecule has 0 spiro atoms. The van der Waals surface area contributed by atoms with E-state index in [-0.39, 0.29) is 17.1 Å². The van der Waals surface area contributed by atoms with Crippen LogP contribution in [0.1, 0.15) is 25.4 Å². The molecular weight excluding hydrogens is 357 g/mol. The van der Waals surface area contributed by atoms with Crippen LogP contribution in [-0.4, -0.2) is 73.8 Å². The lowest BCUT2D eigenvalue weighted by Crippen LogP contribution is -2.32. The Bertz CT molecular complexity index is 917. The maximum absolute atomic E-state index is 12.1. The summed E-state index contributed by atoms with van der Waals surface area (Å²) in [6, 6.07) is 0. The van der Waals surface area contributed by atoms with E-state index in [0.29, 0.717) is 18.7 Å². The Hall–Kier alpha value is -1.67. The third-order valence-electron chi connectivity index (χ3n) is 4.57. The van der Waals surface area contributed by atoms with Crippen LogP contribution in [0, 0.1) is 0 Å². The topological polar surface area (TPSA) is 139 Å². The van der Waals surface area contributed by atoms with Crippen molar-refractivity contribution in [3.63, 3.8) is 0 Å². The molecule has 26 heavy (non-hydrogen) atoms. The van der Waals surface area contributed by atoms with Gasteiger partial charge in [0.25, 0.3) is 5.56 Å². The Morgan fingerprint density at radius 1 is 1.35 bits per heavy atom. The second-order valence-electron chi connectivity index (χ2n) is 7.37. The lowest BCUT2D eigenvalue weighted by molar-refractivity contribution is -0.0367. The molecule has 144 valence electrons. The number of rotatable bonds is 5. The van der Waals surface area contributed by atoms with Crippen molar-refractivity contribution in [1.29, 1.82) is 0 Å². The first-order valence-electron chi connectivity index (χ1n) is 8.58. The lowest BCUT2D eigenvalue weighted by atomic mass is 10.1. The van der Waals surface area contributed by atoms with E-state index in [1.165, 1.54) is 0 Å². The third kappa shape index (κ3) is 3.44. The largest absolute Gasteiger partial charge is 0.388 e. The van der Waals surface area contributed by atoms with Crippen LogP contribution < -0.4 is 11.3 Å². The number of hydrogen-bond acceptors (Lipinski definition) is 7. The number of aliphatic hydroxyl groups is 2. The molecule has 0 unspecified atom stereocenters. The van der Waals surface area contributed by atoms with Gasteiger partial charge in [-0.15, -0.1) is 13.2 Å². The highest BCUT2D eigenvalue weighted by Gasteiger charge is 2.44. The van der Waals surface area contributed by atoms with Crippen molar-refractivity contribution in [1.82, 2.24) is 19.5 Å². The standard InChI is InChI=1S/C16H26N5O4P/c1-5-9-18-10-13(19-16(17)20-14(10)24)21(9)15-12(23)11(22)8(25-15)6-7-26(2,3)4/h8,11-12,15,22-23H,2,5-7H2,1,3-4H3,(H3,17,19,20,24)/t8-,11-,12-,15-/m1/s1. The molecule has 0 bridgehead atoms. The van der Waals surface area contributed by atoms with Gasteiger partial charge in [-0.2, -0.15) is 4.98 Å². The predicted octanol–water partition coefficient (Wildman–Crippen LogP) is -0.0173. The van der Waals surface area contributed by atoms with Crippen molar-refractivity contribution < 1.29 is 14.9 Å². The normalized spacial score (nSPS) is 26.7. The average molecular weight is 383 g/mol. The van der Waals surface area contributed by atoms with Gasteiger partial charge in [0.05, 0.1) is 6.10 Å². The maximum atomic E-state index is 12.1. The average Bonchev–Trinajstić information content (AvgIpc) is 3.04. The number of nitrogens with one attached hydrogen (secondary N) is 1. The van der Waals surface area contributed by atoms with Crippen LogP contribution in [0.3, 0.4) is 0 Å². The fraction of sp³-hybridized carbons (Fsp3) is 0.625. The Balaban J connectivity index is 2.01. The quantitative estimate of drug-likeness (QED) is 0.532. The molecule has 1 fully saturated rings. The maximum Gasteiger partial charge on any atom is 0.280 e. The molecule has 2 aromatic heterocycles. The van der Waals surface area contributed by atoms with Crippen LogP contribution in [0.4, 0.5) is 5.95 Å². The molecule has 4 atom stereocenters. The summed E-state index contributed by atoms with van der Waals surface area (Å²) in [5.41, 5.74) is 5.59. The monoisotopic (exact) mass is 383 g/mol. The number of nitrogens with zero attached hydrogens (tertiary/aromatic N) is 3. The van der Waals surface area contributed by atoms with E-state index in [2.05, 4.69) is 34.6 Å². The summed E-state index contributed by atoms with van der Waals surface area (Å²) in [5, 5.41) is 21.0. The van der Waals surface area contributed by atoms with Crippen LogP contribution in [0.15, 0.2) is 4.79 Å². The number of hydrogen-bond donors (Lipinski definition) is 4. The summed E-state index contributed by atoms with van der Waals surface area (Å²) in [4.78, 5) is 23.0. The molecule has 5 N–H and O–H groups in total. The van der Waals surface area contributed by atoms with Gasteiger partial charge in [-0.05, 0) is 25.9 Å². The zero-order chi connectivity index (χ0) is 19.2. The Morgan fingerprint density at radius 3 is 2.65 bits per heavy atom. The first-order chi connectivity index (χ1) is 12.1. The minimum atomic E-state index is -1.28. The van der Waals surface area contributed by atoms with Crippen molar-refractivity contribution in [2.24, 2.45) is 0 Å². The number of imidazole rings is 1. The SMILES string of the molecule is C=P(C)(C)CC[C@H]1O[C@@H](n2c(CC)nc3c(=O)[nH]c(N)nc32)[C@H](O)[C@@H]1O. The molecule has 1 saturated heterocycles. The Kier molecular flexibility index (Phi) is 5.00. The van der Waals surface area contributed by atoms with Gasteiger partial charge in [0.15, 0.2) is 17.4 Å². The van der Waals surface area contributed by atoms with Crippen LogP contribution >= 0.6 is 6.89 Å². The van der Waals surface area contributed by atoms with E-state index in [9.17, 15) is 15.0 Å². The summed E-state index contributed by atoms with van der Waals surface area (Å²) < 4.78 is 7.54.